The van der Waals surface area contributed by atoms with Gasteiger partial charge in [0.15, 0.2) is 0 Å². The summed E-state index contributed by atoms with van der Waals surface area (Å²) in [6.07, 6.45) is 4.02. The molecule has 0 unspecified atom stereocenters. The van der Waals surface area contributed by atoms with E-state index in [0.717, 1.165) is 36.1 Å². The Kier molecular flexibility index (Phi) is 6.54. The Morgan fingerprint density at radius 3 is 2.77 bits per heavy atom. The molecule has 0 saturated heterocycles. The van der Waals surface area contributed by atoms with Gasteiger partial charge in [-0.15, -0.1) is 11.3 Å². The molecule has 2 aromatic rings. The van der Waals surface area contributed by atoms with Gasteiger partial charge in [-0.25, -0.2) is 0 Å². The number of carbonyl (C=O) groups excluding carboxylic acids is 1. The zero-order valence-electron chi connectivity index (χ0n) is 18.5. The monoisotopic (exact) mass is 425 g/mol. The van der Waals surface area contributed by atoms with E-state index in [1.807, 2.05) is 12.1 Å². The average Bonchev–Trinajstić information content (AvgIpc) is 3.01. The summed E-state index contributed by atoms with van der Waals surface area (Å²) in [4.78, 5) is 14.0. The van der Waals surface area contributed by atoms with E-state index in [1.54, 1.807) is 12.1 Å². The van der Waals surface area contributed by atoms with Crippen LogP contribution in [0, 0.1) is 11.3 Å². The van der Waals surface area contributed by atoms with E-state index in [9.17, 15) is 10.1 Å². The molecule has 2 heterocycles. The lowest BCUT2D eigenvalue weighted by molar-refractivity contribution is 0.102. The number of unbranched alkanes of at least 4 members (excludes halogenated alkanes) is 2. The van der Waals surface area contributed by atoms with E-state index in [4.69, 9.17) is 4.74 Å². The number of nitrogens with one attached hydrogen (secondary N) is 2. The van der Waals surface area contributed by atoms with Crippen molar-refractivity contribution in [2.24, 2.45) is 0 Å². The van der Waals surface area contributed by atoms with Crippen LogP contribution in [0.4, 0.5) is 5.00 Å². The maximum absolute atomic E-state index is 12.9. The second kappa shape index (κ2) is 8.79. The highest BCUT2D eigenvalue weighted by Crippen LogP contribution is 2.44. The first-order valence-electron chi connectivity index (χ1n) is 10.6. The van der Waals surface area contributed by atoms with Gasteiger partial charge in [-0.05, 0) is 64.3 Å². The summed E-state index contributed by atoms with van der Waals surface area (Å²) in [6, 6.07) is 9.54. The Labute approximate surface area is 183 Å². The molecule has 1 amide bonds. The number of hydrogen-bond donors (Lipinski definition) is 2. The van der Waals surface area contributed by atoms with Crippen LogP contribution in [0.15, 0.2) is 24.3 Å². The van der Waals surface area contributed by atoms with Crippen LogP contribution in [0.5, 0.6) is 5.75 Å². The third kappa shape index (κ3) is 4.85. The minimum absolute atomic E-state index is 0.117. The van der Waals surface area contributed by atoms with Crippen molar-refractivity contribution in [1.82, 2.24) is 5.32 Å². The van der Waals surface area contributed by atoms with Crippen LogP contribution in [-0.2, 0) is 12.0 Å². The number of hydrogen-bond acceptors (Lipinski definition) is 5. The molecule has 0 fully saturated rings. The second-order valence-electron chi connectivity index (χ2n) is 9.07. The van der Waals surface area contributed by atoms with Crippen molar-refractivity contribution in [1.29, 1.82) is 5.26 Å². The average molecular weight is 426 g/mol. The van der Waals surface area contributed by atoms with Gasteiger partial charge in [-0.1, -0.05) is 25.8 Å². The minimum Gasteiger partial charge on any atom is -0.494 e. The number of nitriles is 1. The van der Waals surface area contributed by atoms with Crippen LogP contribution < -0.4 is 15.4 Å². The Balaban J connectivity index is 1.82. The maximum Gasteiger partial charge on any atom is 0.256 e. The molecule has 30 heavy (non-hydrogen) atoms. The second-order valence-corrected chi connectivity index (χ2v) is 10.1. The summed E-state index contributed by atoms with van der Waals surface area (Å²) < 4.78 is 5.77. The van der Waals surface area contributed by atoms with Gasteiger partial charge in [0.2, 0.25) is 0 Å². The quantitative estimate of drug-likeness (QED) is 0.566. The molecule has 2 N–H and O–H groups in total. The molecule has 1 aliphatic heterocycles. The first-order valence-corrected chi connectivity index (χ1v) is 11.4. The highest BCUT2D eigenvalue weighted by atomic mass is 32.1. The van der Waals surface area contributed by atoms with Crippen molar-refractivity contribution in [3.63, 3.8) is 0 Å². The van der Waals surface area contributed by atoms with Crippen molar-refractivity contribution >= 4 is 22.2 Å². The van der Waals surface area contributed by atoms with Crippen molar-refractivity contribution < 1.29 is 9.53 Å². The normalized spacial score (nSPS) is 16.4. The molecule has 0 atom stereocenters. The predicted octanol–water partition coefficient (Wildman–Crippen LogP) is 5.60. The molecule has 6 heteroatoms. The van der Waals surface area contributed by atoms with Gasteiger partial charge < -0.3 is 15.4 Å². The highest BCUT2D eigenvalue weighted by molar-refractivity contribution is 7.17. The topological polar surface area (TPSA) is 74.1 Å². The molecule has 1 aliphatic rings. The largest absolute Gasteiger partial charge is 0.494 e. The molecule has 1 aromatic heterocycles. The van der Waals surface area contributed by atoms with Crippen LogP contribution in [0.25, 0.3) is 0 Å². The fraction of sp³-hybridized carbons (Fsp3) is 0.500. The van der Waals surface area contributed by atoms with Crippen LogP contribution in [0.1, 0.15) is 80.2 Å². The Morgan fingerprint density at radius 1 is 1.30 bits per heavy atom. The molecule has 5 nitrogen and oxygen atoms in total. The van der Waals surface area contributed by atoms with Gasteiger partial charge >= 0.3 is 0 Å². The summed E-state index contributed by atoms with van der Waals surface area (Å²) >= 11 is 1.49. The van der Waals surface area contributed by atoms with E-state index >= 15 is 0 Å². The van der Waals surface area contributed by atoms with Gasteiger partial charge in [-0.3, -0.25) is 4.79 Å². The predicted molar refractivity (Wildman–Crippen MR) is 122 cm³/mol. The Morgan fingerprint density at radius 2 is 2.07 bits per heavy atom. The molecule has 0 bridgehead atoms. The van der Waals surface area contributed by atoms with Gasteiger partial charge in [0, 0.05) is 21.5 Å². The van der Waals surface area contributed by atoms with E-state index in [0.29, 0.717) is 28.5 Å². The lowest BCUT2D eigenvalue weighted by Crippen LogP contribution is -2.54. The fourth-order valence-corrected chi connectivity index (χ4v) is 5.40. The van der Waals surface area contributed by atoms with E-state index < -0.39 is 0 Å². The standard InChI is InChI=1S/C24H31N3O2S/c1-6-7-8-12-29-17-11-9-10-16(13-17)21(28)26-22-19(15-25)18-14-23(2,3)27-24(4,5)20(18)30-22/h9-11,13,27H,6-8,12,14H2,1-5H3,(H,26,28). The SMILES string of the molecule is CCCCCOc1cccc(C(=O)Nc2sc3c(c2C#N)CC(C)(C)NC3(C)C)c1. The third-order valence-corrected chi connectivity index (χ3v) is 6.77. The van der Waals surface area contributed by atoms with Crippen LogP contribution in [-0.4, -0.2) is 18.1 Å². The molecule has 1 aromatic carbocycles. The summed E-state index contributed by atoms with van der Waals surface area (Å²) in [7, 11) is 0. The highest BCUT2D eigenvalue weighted by Gasteiger charge is 2.40. The lowest BCUT2D eigenvalue weighted by atomic mass is 9.81. The lowest BCUT2D eigenvalue weighted by Gasteiger charge is -2.42. The summed E-state index contributed by atoms with van der Waals surface area (Å²) in [6.45, 7) is 11.3. The number of rotatable bonds is 7. The smallest absolute Gasteiger partial charge is 0.256 e. The molecule has 0 saturated carbocycles. The van der Waals surface area contributed by atoms with Gasteiger partial charge in [0.05, 0.1) is 12.2 Å². The zero-order chi connectivity index (χ0) is 21.9. The number of fused-ring (bicyclic) bond motifs is 1. The summed E-state index contributed by atoms with van der Waals surface area (Å²) in [5.74, 6) is 0.464. The van der Waals surface area contributed by atoms with Crippen LogP contribution in [0.2, 0.25) is 0 Å². The summed E-state index contributed by atoms with van der Waals surface area (Å²) in [5, 5.41) is 17.1. The van der Waals surface area contributed by atoms with Crippen molar-refractivity contribution in [3.8, 4) is 11.8 Å². The van der Waals surface area contributed by atoms with E-state index in [1.165, 1.54) is 11.3 Å². The van der Waals surface area contributed by atoms with Gasteiger partial charge in [0.1, 0.15) is 16.8 Å². The molecule has 0 spiro atoms. The van der Waals surface area contributed by atoms with Crippen LogP contribution >= 0.6 is 11.3 Å². The Bertz CT molecular complexity index is 969. The number of carbonyl (C=O) groups is 1. The third-order valence-electron chi connectivity index (χ3n) is 5.30. The molecular weight excluding hydrogens is 394 g/mol. The van der Waals surface area contributed by atoms with Crippen LogP contribution in [0.3, 0.4) is 0 Å². The number of ether oxygens (including phenoxy) is 1. The fourth-order valence-electron chi connectivity index (χ4n) is 4.18. The van der Waals surface area contributed by atoms with Crippen molar-refractivity contribution in [2.45, 2.75) is 71.4 Å². The first kappa shape index (κ1) is 22.3. The summed E-state index contributed by atoms with van der Waals surface area (Å²) in [5.41, 5.74) is 1.77. The number of amides is 1. The molecule has 0 radical (unpaired) electrons. The number of anilines is 1. The van der Waals surface area contributed by atoms with E-state index in [-0.39, 0.29) is 17.0 Å². The minimum atomic E-state index is -0.261. The molecular formula is C24H31N3O2S. The molecule has 160 valence electrons. The first-order chi connectivity index (χ1) is 14.2. The molecule has 0 aliphatic carbocycles. The number of nitrogens with zero attached hydrogens (tertiary/aromatic N) is 1. The molecule has 3 rings (SSSR count). The van der Waals surface area contributed by atoms with Gasteiger partial charge in [0.25, 0.3) is 5.91 Å². The zero-order valence-corrected chi connectivity index (χ0v) is 19.3. The van der Waals surface area contributed by atoms with Crippen molar-refractivity contribution in [3.05, 3.63) is 45.8 Å². The van der Waals surface area contributed by atoms with Gasteiger partial charge in [-0.2, -0.15) is 5.26 Å². The van der Waals surface area contributed by atoms with Crippen molar-refractivity contribution in [2.75, 3.05) is 11.9 Å². The van der Waals surface area contributed by atoms with E-state index in [2.05, 4.69) is 51.3 Å². The maximum atomic E-state index is 12.9. The number of thiophene rings is 1. The Hall–Kier alpha value is -2.36. The number of benzene rings is 1.